The van der Waals surface area contributed by atoms with Crippen molar-refractivity contribution in [1.82, 2.24) is 10.7 Å². The first-order valence-electron chi connectivity index (χ1n) is 11.5. The molecule has 8 nitrogen and oxygen atoms in total. The molecule has 0 radical (unpaired) electrons. The first-order chi connectivity index (χ1) is 17.9. The van der Waals surface area contributed by atoms with Crippen LogP contribution in [0.1, 0.15) is 46.0 Å². The highest BCUT2D eigenvalue weighted by molar-refractivity contribution is 6.42. The van der Waals surface area contributed by atoms with Gasteiger partial charge in [0.25, 0.3) is 11.8 Å². The SMILES string of the molecule is CCCCOc1ccc(C(=O)Oc2ccc(/C=N\NC(=O)CNC(=O)c3ccc(Cl)c(Cl)c3)cc2)cc1. The summed E-state index contributed by atoms with van der Waals surface area (Å²) in [7, 11) is 0. The second-order valence-corrected chi connectivity index (χ2v) is 8.60. The van der Waals surface area contributed by atoms with Crippen molar-refractivity contribution >= 4 is 47.2 Å². The molecule has 0 heterocycles. The molecule has 0 aromatic heterocycles. The predicted octanol–water partition coefficient (Wildman–Crippen LogP) is 5.27. The first kappa shape index (κ1) is 27.7. The summed E-state index contributed by atoms with van der Waals surface area (Å²) in [5.41, 5.74) is 3.66. The number of ether oxygens (including phenoxy) is 2. The molecule has 0 spiro atoms. The van der Waals surface area contributed by atoms with Gasteiger partial charge in [0.2, 0.25) is 0 Å². The third-order valence-electron chi connectivity index (χ3n) is 4.94. The number of unbranched alkanes of at least 4 members (excludes halogenated alkanes) is 1. The molecule has 3 aromatic rings. The standard InChI is InChI=1S/C27H25Cl2N3O5/c1-2-3-14-36-21-11-6-19(7-12-21)27(35)37-22-9-4-18(5-10-22)16-31-32-25(33)17-30-26(34)20-8-13-23(28)24(29)15-20/h4-13,15-16H,2-3,14,17H2,1H3,(H,30,34)(H,32,33)/b31-16-. The number of hydrogen-bond donors (Lipinski definition) is 2. The fourth-order valence-corrected chi connectivity index (χ4v) is 3.23. The van der Waals surface area contributed by atoms with Crippen molar-refractivity contribution in [2.75, 3.05) is 13.2 Å². The molecule has 0 aliphatic heterocycles. The van der Waals surface area contributed by atoms with E-state index >= 15 is 0 Å². The van der Waals surface area contributed by atoms with Crippen LogP contribution in [0.4, 0.5) is 0 Å². The predicted molar refractivity (Wildman–Crippen MR) is 143 cm³/mol. The highest BCUT2D eigenvalue weighted by Gasteiger charge is 2.10. The number of hydrazone groups is 1. The Bertz CT molecular complexity index is 1260. The van der Waals surface area contributed by atoms with Crippen LogP contribution in [0.2, 0.25) is 10.0 Å². The van der Waals surface area contributed by atoms with Gasteiger partial charge < -0.3 is 14.8 Å². The van der Waals surface area contributed by atoms with E-state index in [0.717, 1.165) is 12.8 Å². The summed E-state index contributed by atoms with van der Waals surface area (Å²) in [4.78, 5) is 36.4. The Morgan fingerprint density at radius 2 is 1.57 bits per heavy atom. The highest BCUT2D eigenvalue weighted by atomic mass is 35.5. The monoisotopic (exact) mass is 541 g/mol. The summed E-state index contributed by atoms with van der Waals surface area (Å²) in [6.45, 7) is 2.44. The Morgan fingerprint density at radius 1 is 0.892 bits per heavy atom. The van der Waals surface area contributed by atoms with Gasteiger partial charge in [-0.25, -0.2) is 10.2 Å². The maximum absolute atomic E-state index is 12.4. The number of rotatable bonds is 11. The van der Waals surface area contributed by atoms with Crippen molar-refractivity contribution in [3.05, 3.63) is 93.5 Å². The molecule has 2 N–H and O–H groups in total. The minimum absolute atomic E-state index is 0.242. The number of nitrogens with zero attached hydrogens (tertiary/aromatic N) is 1. The molecule has 0 fully saturated rings. The molecule has 0 saturated heterocycles. The molecule has 0 aliphatic carbocycles. The number of halogens is 2. The van der Waals surface area contributed by atoms with Crippen LogP contribution in [0.25, 0.3) is 0 Å². The van der Waals surface area contributed by atoms with Crippen molar-refractivity contribution in [3.63, 3.8) is 0 Å². The minimum Gasteiger partial charge on any atom is -0.494 e. The highest BCUT2D eigenvalue weighted by Crippen LogP contribution is 2.22. The topological polar surface area (TPSA) is 106 Å². The third kappa shape index (κ3) is 8.93. The molecular formula is C27H25Cl2N3O5. The first-order valence-corrected chi connectivity index (χ1v) is 12.2. The van der Waals surface area contributed by atoms with Crippen LogP contribution in [0, 0.1) is 0 Å². The molecule has 2 amide bonds. The van der Waals surface area contributed by atoms with Gasteiger partial charge in [0, 0.05) is 5.56 Å². The molecule has 0 atom stereocenters. The van der Waals surface area contributed by atoms with E-state index in [0.29, 0.717) is 34.3 Å². The summed E-state index contributed by atoms with van der Waals surface area (Å²) in [5.74, 6) is -0.415. The van der Waals surface area contributed by atoms with E-state index in [9.17, 15) is 14.4 Å². The van der Waals surface area contributed by atoms with Crippen LogP contribution in [0.15, 0.2) is 71.8 Å². The number of benzene rings is 3. The lowest BCUT2D eigenvalue weighted by Crippen LogP contribution is -2.34. The lowest BCUT2D eigenvalue weighted by Gasteiger charge is -2.07. The van der Waals surface area contributed by atoms with E-state index in [1.807, 2.05) is 0 Å². The lowest BCUT2D eigenvalue weighted by atomic mass is 10.2. The third-order valence-corrected chi connectivity index (χ3v) is 5.68. The number of carbonyl (C=O) groups is 3. The Labute approximate surface area is 224 Å². The molecular weight excluding hydrogens is 517 g/mol. The van der Waals surface area contributed by atoms with Crippen LogP contribution in [-0.2, 0) is 4.79 Å². The van der Waals surface area contributed by atoms with Crippen LogP contribution < -0.4 is 20.2 Å². The van der Waals surface area contributed by atoms with E-state index in [2.05, 4.69) is 22.8 Å². The number of amides is 2. The van der Waals surface area contributed by atoms with Crippen LogP contribution >= 0.6 is 23.2 Å². The number of esters is 1. The molecule has 0 aliphatic rings. The van der Waals surface area contributed by atoms with Gasteiger partial charge in [-0.1, -0.05) is 36.5 Å². The van der Waals surface area contributed by atoms with Crippen LogP contribution in [0.5, 0.6) is 11.5 Å². The summed E-state index contributed by atoms with van der Waals surface area (Å²) >= 11 is 11.7. The van der Waals surface area contributed by atoms with E-state index in [-0.39, 0.29) is 17.1 Å². The molecule has 10 heteroatoms. The molecule has 192 valence electrons. The molecule has 37 heavy (non-hydrogen) atoms. The minimum atomic E-state index is -0.517. The summed E-state index contributed by atoms with van der Waals surface area (Å²) in [6.07, 6.45) is 3.43. The van der Waals surface area contributed by atoms with Crippen molar-refractivity contribution in [2.45, 2.75) is 19.8 Å². The van der Waals surface area contributed by atoms with Crippen molar-refractivity contribution in [1.29, 1.82) is 0 Å². The second-order valence-electron chi connectivity index (χ2n) is 7.79. The van der Waals surface area contributed by atoms with Crippen molar-refractivity contribution in [2.24, 2.45) is 5.10 Å². The Morgan fingerprint density at radius 3 is 2.24 bits per heavy atom. The fourth-order valence-electron chi connectivity index (χ4n) is 2.93. The normalized spacial score (nSPS) is 10.7. The van der Waals surface area contributed by atoms with Crippen LogP contribution in [0.3, 0.4) is 0 Å². The fraction of sp³-hybridized carbons (Fsp3) is 0.185. The Kier molecular flexibility index (Phi) is 10.5. The van der Waals surface area contributed by atoms with Gasteiger partial charge in [-0.15, -0.1) is 0 Å². The molecule has 0 saturated carbocycles. The molecule has 0 unspecified atom stereocenters. The Balaban J connectivity index is 1.43. The summed E-state index contributed by atoms with van der Waals surface area (Å²) in [5, 5.41) is 6.89. The van der Waals surface area contributed by atoms with Crippen LogP contribution in [-0.4, -0.2) is 37.1 Å². The van der Waals surface area contributed by atoms with E-state index < -0.39 is 17.8 Å². The maximum atomic E-state index is 12.4. The van der Waals surface area contributed by atoms with Gasteiger partial charge in [0.05, 0.1) is 35.0 Å². The van der Waals surface area contributed by atoms with Gasteiger partial charge in [0.15, 0.2) is 0 Å². The number of nitrogens with one attached hydrogen (secondary N) is 2. The van der Waals surface area contributed by atoms with E-state index in [1.165, 1.54) is 24.4 Å². The zero-order valence-electron chi connectivity index (χ0n) is 20.0. The molecule has 3 aromatic carbocycles. The smallest absolute Gasteiger partial charge is 0.343 e. The number of carbonyl (C=O) groups excluding carboxylic acids is 3. The average molecular weight is 542 g/mol. The Hall–Kier alpha value is -3.88. The van der Waals surface area contributed by atoms with Gasteiger partial charge >= 0.3 is 5.97 Å². The van der Waals surface area contributed by atoms with Crippen molar-refractivity contribution in [3.8, 4) is 11.5 Å². The summed E-state index contributed by atoms with van der Waals surface area (Å²) < 4.78 is 11.0. The van der Waals surface area contributed by atoms with Gasteiger partial charge in [-0.2, -0.15) is 5.10 Å². The van der Waals surface area contributed by atoms with E-state index in [1.54, 1.807) is 48.5 Å². The zero-order valence-corrected chi connectivity index (χ0v) is 21.5. The quantitative estimate of drug-likeness (QED) is 0.113. The average Bonchev–Trinajstić information content (AvgIpc) is 2.90. The van der Waals surface area contributed by atoms with Gasteiger partial charge in [0.1, 0.15) is 11.5 Å². The maximum Gasteiger partial charge on any atom is 0.343 e. The molecule has 0 bridgehead atoms. The molecule has 3 rings (SSSR count). The van der Waals surface area contributed by atoms with E-state index in [4.69, 9.17) is 32.7 Å². The van der Waals surface area contributed by atoms with Gasteiger partial charge in [-0.3, -0.25) is 9.59 Å². The van der Waals surface area contributed by atoms with Crippen molar-refractivity contribution < 1.29 is 23.9 Å². The lowest BCUT2D eigenvalue weighted by molar-refractivity contribution is -0.120. The number of hydrogen-bond acceptors (Lipinski definition) is 6. The largest absolute Gasteiger partial charge is 0.494 e. The summed E-state index contributed by atoms with van der Waals surface area (Å²) in [6, 6.07) is 17.8. The van der Waals surface area contributed by atoms with Gasteiger partial charge in [-0.05, 0) is 78.7 Å². The zero-order chi connectivity index (χ0) is 26.6. The second kappa shape index (κ2) is 14.0.